The quantitative estimate of drug-likeness (QED) is 0.481. The predicted molar refractivity (Wildman–Crippen MR) is 155 cm³/mol. The number of ether oxygens (including phenoxy) is 1. The zero-order valence-corrected chi connectivity index (χ0v) is 23.9. The summed E-state index contributed by atoms with van der Waals surface area (Å²) in [5.74, 6) is -0.135. The van der Waals surface area contributed by atoms with Gasteiger partial charge < -0.3 is 20.7 Å². The van der Waals surface area contributed by atoms with Crippen LogP contribution in [0.1, 0.15) is 42.5 Å². The zero-order chi connectivity index (χ0) is 28.0. The molecule has 4 heterocycles. The van der Waals surface area contributed by atoms with Crippen molar-refractivity contribution in [2.75, 3.05) is 38.2 Å². The second kappa shape index (κ2) is 13.1. The number of anilines is 1. The number of benzene rings is 1. The van der Waals surface area contributed by atoms with Crippen LogP contribution < -0.4 is 16.0 Å². The number of amides is 3. The van der Waals surface area contributed by atoms with E-state index in [0.29, 0.717) is 57.1 Å². The molecule has 3 aliphatic rings. The lowest BCUT2D eigenvalue weighted by molar-refractivity contribution is -0.140. The summed E-state index contributed by atoms with van der Waals surface area (Å²) in [5.41, 5.74) is 0.428. The van der Waals surface area contributed by atoms with Gasteiger partial charge in [0.1, 0.15) is 6.04 Å². The van der Waals surface area contributed by atoms with Gasteiger partial charge in [-0.15, -0.1) is 11.3 Å². The molecule has 2 fully saturated rings. The van der Waals surface area contributed by atoms with Gasteiger partial charge in [-0.2, -0.15) is 0 Å². The molecular weight excluding hydrogens is 526 g/mol. The molecule has 0 radical (unpaired) electrons. The fourth-order valence-electron chi connectivity index (χ4n) is 5.97. The van der Waals surface area contributed by atoms with Crippen molar-refractivity contribution in [1.82, 2.24) is 20.5 Å². The number of likely N-dealkylation sites (tertiary alicyclic amines) is 1. The number of fused-ring (bicyclic) bond motifs is 1. The molecule has 9 nitrogen and oxygen atoms in total. The van der Waals surface area contributed by atoms with Gasteiger partial charge in [0.25, 0.3) is 0 Å². The van der Waals surface area contributed by atoms with Crippen LogP contribution >= 0.6 is 11.3 Å². The molecule has 1 aromatic heterocycles. The van der Waals surface area contributed by atoms with Crippen LogP contribution in [0.2, 0.25) is 0 Å². The van der Waals surface area contributed by atoms with Crippen molar-refractivity contribution in [2.45, 2.75) is 57.5 Å². The first-order chi connectivity index (χ1) is 19.4. The fraction of sp³-hybridized carbons (Fsp3) is 0.533. The van der Waals surface area contributed by atoms with Gasteiger partial charge in [-0.1, -0.05) is 42.5 Å². The molecule has 0 aliphatic carbocycles. The number of thiazole rings is 1. The van der Waals surface area contributed by atoms with E-state index in [1.54, 1.807) is 6.20 Å². The highest BCUT2D eigenvalue weighted by Crippen LogP contribution is 2.36. The van der Waals surface area contributed by atoms with Crippen LogP contribution in [0.25, 0.3) is 0 Å². The molecule has 0 unspecified atom stereocenters. The molecule has 3 N–H and O–H groups in total. The van der Waals surface area contributed by atoms with E-state index in [2.05, 4.69) is 38.0 Å². The van der Waals surface area contributed by atoms with E-state index in [-0.39, 0.29) is 36.2 Å². The molecule has 5 rings (SSSR count). The lowest BCUT2D eigenvalue weighted by atomic mass is 9.75. The van der Waals surface area contributed by atoms with Crippen LogP contribution in [-0.4, -0.2) is 72.5 Å². The maximum Gasteiger partial charge on any atom is 0.243 e. The summed E-state index contributed by atoms with van der Waals surface area (Å²) in [7, 11) is 0. The number of aromatic nitrogens is 1. The van der Waals surface area contributed by atoms with Gasteiger partial charge in [0.2, 0.25) is 17.7 Å². The highest BCUT2D eigenvalue weighted by atomic mass is 32.1. The third-order valence-corrected chi connectivity index (χ3v) is 9.16. The van der Waals surface area contributed by atoms with Crippen LogP contribution in [-0.2, 0) is 25.5 Å². The summed E-state index contributed by atoms with van der Waals surface area (Å²) in [4.78, 5) is 47.6. The molecule has 3 atom stereocenters. The van der Waals surface area contributed by atoms with E-state index >= 15 is 0 Å². The van der Waals surface area contributed by atoms with Gasteiger partial charge in [0, 0.05) is 49.8 Å². The first-order valence-electron chi connectivity index (χ1n) is 14.2. The second-order valence-corrected chi connectivity index (χ2v) is 12.5. The van der Waals surface area contributed by atoms with Crippen molar-refractivity contribution in [3.05, 3.63) is 59.1 Å². The van der Waals surface area contributed by atoms with E-state index in [1.807, 2.05) is 37.3 Å². The molecule has 10 heteroatoms. The molecule has 1 spiro atoms. The molecule has 0 bridgehead atoms. The summed E-state index contributed by atoms with van der Waals surface area (Å²) in [6.45, 7) is 4.74. The van der Waals surface area contributed by atoms with E-state index in [4.69, 9.17) is 4.74 Å². The highest BCUT2D eigenvalue weighted by molar-refractivity contribution is 7.15. The van der Waals surface area contributed by atoms with Crippen LogP contribution in [0.4, 0.5) is 5.13 Å². The molecule has 3 amide bonds. The maximum atomic E-state index is 13.7. The third kappa shape index (κ3) is 7.16. The first kappa shape index (κ1) is 28.4. The summed E-state index contributed by atoms with van der Waals surface area (Å²) in [6, 6.07) is 9.13. The molecule has 2 saturated heterocycles. The molecule has 40 heavy (non-hydrogen) atoms. The Labute approximate surface area is 239 Å². The number of rotatable bonds is 5. The summed E-state index contributed by atoms with van der Waals surface area (Å²) in [6.07, 6.45) is 9.87. The molecular formula is C30H39N5O4S. The van der Waals surface area contributed by atoms with Crippen molar-refractivity contribution in [3.8, 4) is 0 Å². The minimum absolute atomic E-state index is 0.0373. The average Bonchev–Trinajstić information content (AvgIpc) is 3.36. The Kier molecular flexibility index (Phi) is 9.29. The lowest BCUT2D eigenvalue weighted by Gasteiger charge is -2.40. The average molecular weight is 566 g/mol. The molecule has 0 saturated carbocycles. The standard InChI is InChI=1S/C30H39N5O4S/c1-21-18-31-29(40-21)34-26(36)20-35-14-10-24-23(19-35)9-5-6-11-30(12-15-39-16-13-30)28(38)33-25(27(37)32-24)17-22-7-3-2-4-8-22/h2-8,18,23-25H,9-17,19-20H2,1H3,(H,32,37)(H,33,38)(H,31,34,36)/b6-5+/t23-,24+,25+/m1/s1. The van der Waals surface area contributed by atoms with Gasteiger partial charge in [-0.3, -0.25) is 19.3 Å². The minimum atomic E-state index is -0.663. The Morgan fingerprint density at radius 1 is 1.18 bits per heavy atom. The van der Waals surface area contributed by atoms with Crippen molar-refractivity contribution >= 4 is 34.2 Å². The Morgan fingerprint density at radius 3 is 2.73 bits per heavy atom. The smallest absolute Gasteiger partial charge is 0.243 e. The van der Waals surface area contributed by atoms with E-state index < -0.39 is 11.5 Å². The Morgan fingerprint density at radius 2 is 1.98 bits per heavy atom. The van der Waals surface area contributed by atoms with Crippen molar-refractivity contribution < 1.29 is 19.1 Å². The fourth-order valence-corrected chi connectivity index (χ4v) is 6.65. The number of hydrogen-bond donors (Lipinski definition) is 3. The molecule has 1 aromatic carbocycles. The van der Waals surface area contributed by atoms with Crippen molar-refractivity contribution in [2.24, 2.45) is 11.3 Å². The van der Waals surface area contributed by atoms with Crippen molar-refractivity contribution in [1.29, 1.82) is 0 Å². The van der Waals surface area contributed by atoms with E-state index in [1.165, 1.54) is 11.3 Å². The third-order valence-electron chi connectivity index (χ3n) is 8.33. The number of aryl methyl sites for hydroxylation is 1. The van der Waals surface area contributed by atoms with Crippen LogP contribution in [0.3, 0.4) is 0 Å². The number of carbonyl (C=O) groups is 3. The first-order valence-corrected chi connectivity index (χ1v) is 15.0. The number of nitrogens with zero attached hydrogens (tertiary/aromatic N) is 2. The Balaban J connectivity index is 1.32. The normalized spacial score (nSPS) is 26.5. The topological polar surface area (TPSA) is 113 Å². The molecule has 3 aliphatic heterocycles. The van der Waals surface area contributed by atoms with Crippen LogP contribution in [0, 0.1) is 18.3 Å². The number of piperidine rings is 1. The Bertz CT molecular complexity index is 1210. The largest absolute Gasteiger partial charge is 0.381 e. The van der Waals surface area contributed by atoms with Crippen LogP contribution in [0.15, 0.2) is 48.7 Å². The predicted octanol–water partition coefficient (Wildman–Crippen LogP) is 3.07. The SMILES string of the molecule is Cc1cnc(NC(=O)CN2CC[C@@H]3NC(=O)[C@H](Cc4ccccc4)NC(=O)C4(C/C=C/C[C@@H]3C2)CCOCC4)s1. The lowest BCUT2D eigenvalue weighted by Crippen LogP contribution is -2.58. The summed E-state index contributed by atoms with van der Waals surface area (Å²) in [5, 5.41) is 9.95. The van der Waals surface area contributed by atoms with Gasteiger partial charge in [-0.25, -0.2) is 4.98 Å². The van der Waals surface area contributed by atoms with Crippen molar-refractivity contribution in [3.63, 3.8) is 0 Å². The van der Waals surface area contributed by atoms with Gasteiger partial charge in [0.15, 0.2) is 5.13 Å². The van der Waals surface area contributed by atoms with Gasteiger partial charge in [-0.05, 0) is 50.5 Å². The zero-order valence-electron chi connectivity index (χ0n) is 23.1. The number of allylic oxidation sites excluding steroid dienone is 2. The summed E-state index contributed by atoms with van der Waals surface area (Å²) < 4.78 is 5.59. The minimum Gasteiger partial charge on any atom is -0.381 e. The Hall–Kier alpha value is -3.08. The van der Waals surface area contributed by atoms with Gasteiger partial charge >= 0.3 is 0 Å². The van der Waals surface area contributed by atoms with Crippen LogP contribution in [0.5, 0.6) is 0 Å². The number of carbonyl (C=O) groups excluding carboxylic acids is 3. The highest BCUT2D eigenvalue weighted by Gasteiger charge is 2.41. The maximum absolute atomic E-state index is 13.7. The summed E-state index contributed by atoms with van der Waals surface area (Å²) >= 11 is 1.46. The molecule has 2 aromatic rings. The van der Waals surface area contributed by atoms with E-state index in [0.717, 1.165) is 23.3 Å². The molecule has 214 valence electrons. The number of nitrogens with one attached hydrogen (secondary N) is 3. The van der Waals surface area contributed by atoms with Gasteiger partial charge in [0.05, 0.1) is 12.0 Å². The monoisotopic (exact) mass is 565 g/mol. The van der Waals surface area contributed by atoms with E-state index in [9.17, 15) is 14.4 Å². The number of hydrogen-bond acceptors (Lipinski definition) is 7. The second-order valence-electron chi connectivity index (χ2n) is 11.2.